The van der Waals surface area contributed by atoms with Gasteiger partial charge in [0.05, 0.1) is 4.92 Å². The smallest absolute Gasteiger partial charge is 0.294 e. The van der Waals surface area contributed by atoms with E-state index in [0.29, 0.717) is 24.5 Å². The normalized spacial score (nSPS) is 9.73. The topological polar surface area (TPSA) is 93.2 Å². The van der Waals surface area contributed by atoms with E-state index in [-0.39, 0.29) is 5.69 Å². The Hall–Kier alpha value is -1.82. The van der Waals surface area contributed by atoms with Gasteiger partial charge in [-0.15, -0.1) is 0 Å². The number of hydrogen-bond acceptors (Lipinski definition) is 5. The lowest BCUT2D eigenvalue weighted by Crippen LogP contribution is -2.13. The molecular weight excluding hydrogens is 196 g/mol. The summed E-state index contributed by atoms with van der Waals surface area (Å²) in [5.74, 6) is 0. The SMILES string of the molecule is CNc1ccc(NCCN)cc1[N+](=O)[O-]. The molecule has 6 nitrogen and oxygen atoms in total. The Morgan fingerprint density at radius 3 is 2.80 bits per heavy atom. The van der Waals surface area contributed by atoms with Crippen LogP contribution in [0.1, 0.15) is 0 Å². The van der Waals surface area contributed by atoms with Gasteiger partial charge >= 0.3 is 0 Å². The van der Waals surface area contributed by atoms with E-state index < -0.39 is 4.92 Å². The van der Waals surface area contributed by atoms with Gasteiger partial charge in [0.1, 0.15) is 5.69 Å². The maximum Gasteiger partial charge on any atom is 0.294 e. The molecule has 0 aliphatic rings. The molecule has 0 aliphatic carbocycles. The van der Waals surface area contributed by atoms with E-state index in [1.165, 1.54) is 6.07 Å². The standard InChI is InChI=1S/C9H14N4O2/c1-11-8-3-2-7(12-5-4-10)6-9(8)13(14)15/h2-3,6,11-12H,4-5,10H2,1H3. The summed E-state index contributed by atoms with van der Waals surface area (Å²) in [7, 11) is 1.65. The number of nitrogens with zero attached hydrogens (tertiary/aromatic N) is 1. The van der Waals surface area contributed by atoms with E-state index >= 15 is 0 Å². The highest BCUT2D eigenvalue weighted by atomic mass is 16.6. The first-order valence-electron chi connectivity index (χ1n) is 4.59. The first-order chi connectivity index (χ1) is 7.19. The molecule has 82 valence electrons. The summed E-state index contributed by atoms with van der Waals surface area (Å²) in [5.41, 5.74) is 6.58. The summed E-state index contributed by atoms with van der Waals surface area (Å²) in [4.78, 5) is 10.3. The zero-order valence-electron chi connectivity index (χ0n) is 8.49. The summed E-state index contributed by atoms with van der Waals surface area (Å²) in [6, 6.07) is 4.92. The van der Waals surface area contributed by atoms with Gasteiger partial charge in [-0.05, 0) is 12.1 Å². The lowest BCUT2D eigenvalue weighted by atomic mass is 10.2. The molecule has 0 saturated carbocycles. The van der Waals surface area contributed by atoms with Crippen molar-refractivity contribution < 1.29 is 4.92 Å². The molecule has 0 atom stereocenters. The van der Waals surface area contributed by atoms with Crippen LogP contribution in [0.15, 0.2) is 18.2 Å². The fraction of sp³-hybridized carbons (Fsp3) is 0.333. The van der Waals surface area contributed by atoms with Crippen molar-refractivity contribution in [3.63, 3.8) is 0 Å². The molecule has 1 rings (SSSR count). The van der Waals surface area contributed by atoms with Crippen molar-refractivity contribution in [3.05, 3.63) is 28.3 Å². The lowest BCUT2D eigenvalue weighted by molar-refractivity contribution is -0.383. The molecule has 0 aliphatic heterocycles. The number of nitro benzene ring substituents is 1. The van der Waals surface area contributed by atoms with Gasteiger partial charge in [0.2, 0.25) is 0 Å². The third-order valence-corrected chi connectivity index (χ3v) is 1.94. The number of nitro groups is 1. The van der Waals surface area contributed by atoms with Gasteiger partial charge in [0.25, 0.3) is 5.69 Å². The summed E-state index contributed by atoms with van der Waals surface area (Å²) in [5, 5.41) is 16.5. The fourth-order valence-electron chi connectivity index (χ4n) is 1.22. The molecule has 0 unspecified atom stereocenters. The Morgan fingerprint density at radius 2 is 2.27 bits per heavy atom. The van der Waals surface area contributed by atoms with Crippen molar-refractivity contribution in [1.29, 1.82) is 0 Å². The van der Waals surface area contributed by atoms with E-state index in [1.54, 1.807) is 19.2 Å². The Kier molecular flexibility index (Phi) is 3.87. The van der Waals surface area contributed by atoms with Crippen LogP contribution in [0, 0.1) is 10.1 Å². The van der Waals surface area contributed by atoms with E-state index in [2.05, 4.69) is 10.6 Å². The Bertz CT molecular complexity index is 354. The summed E-state index contributed by atoms with van der Waals surface area (Å²) in [6.45, 7) is 1.08. The molecule has 4 N–H and O–H groups in total. The molecule has 15 heavy (non-hydrogen) atoms. The molecule has 0 saturated heterocycles. The second-order valence-corrected chi connectivity index (χ2v) is 2.95. The third-order valence-electron chi connectivity index (χ3n) is 1.94. The van der Waals surface area contributed by atoms with Crippen LogP contribution in [0.3, 0.4) is 0 Å². The van der Waals surface area contributed by atoms with Crippen LogP contribution in [0.2, 0.25) is 0 Å². The highest BCUT2D eigenvalue weighted by Gasteiger charge is 2.12. The highest BCUT2D eigenvalue weighted by molar-refractivity contribution is 5.67. The van der Waals surface area contributed by atoms with Crippen LogP contribution in [0.4, 0.5) is 17.1 Å². The van der Waals surface area contributed by atoms with Crippen molar-refractivity contribution in [1.82, 2.24) is 0 Å². The minimum Gasteiger partial charge on any atom is -0.384 e. The molecule has 0 aromatic heterocycles. The Balaban J connectivity index is 2.94. The number of nitrogens with two attached hydrogens (primary N) is 1. The van der Waals surface area contributed by atoms with Gasteiger partial charge in [-0.3, -0.25) is 10.1 Å². The minimum absolute atomic E-state index is 0.0551. The van der Waals surface area contributed by atoms with E-state index in [4.69, 9.17) is 5.73 Å². The van der Waals surface area contributed by atoms with E-state index in [9.17, 15) is 10.1 Å². The highest BCUT2D eigenvalue weighted by Crippen LogP contribution is 2.27. The predicted octanol–water partition coefficient (Wildman–Crippen LogP) is 1.01. The van der Waals surface area contributed by atoms with Crippen molar-refractivity contribution >= 4 is 17.1 Å². The van der Waals surface area contributed by atoms with Crippen molar-refractivity contribution in [2.24, 2.45) is 5.73 Å². The zero-order valence-corrected chi connectivity index (χ0v) is 8.49. The second kappa shape index (κ2) is 5.16. The molecule has 0 fully saturated rings. The maximum absolute atomic E-state index is 10.7. The van der Waals surface area contributed by atoms with Gasteiger partial charge in [0.15, 0.2) is 0 Å². The van der Waals surface area contributed by atoms with Gasteiger partial charge in [-0.25, -0.2) is 0 Å². The number of nitrogens with one attached hydrogen (secondary N) is 2. The molecule has 0 heterocycles. The van der Waals surface area contributed by atoms with Crippen LogP contribution in [-0.4, -0.2) is 25.1 Å². The minimum atomic E-state index is -0.417. The predicted molar refractivity (Wildman–Crippen MR) is 60.2 cm³/mol. The van der Waals surface area contributed by atoms with Crippen molar-refractivity contribution in [2.45, 2.75) is 0 Å². The summed E-state index contributed by atoms with van der Waals surface area (Å²) >= 11 is 0. The average molecular weight is 210 g/mol. The van der Waals surface area contributed by atoms with Crippen LogP contribution in [-0.2, 0) is 0 Å². The number of anilines is 2. The quantitative estimate of drug-likeness (QED) is 0.498. The van der Waals surface area contributed by atoms with Crippen LogP contribution < -0.4 is 16.4 Å². The Morgan fingerprint density at radius 1 is 1.53 bits per heavy atom. The fourth-order valence-corrected chi connectivity index (χ4v) is 1.22. The van der Waals surface area contributed by atoms with Crippen molar-refractivity contribution in [3.8, 4) is 0 Å². The largest absolute Gasteiger partial charge is 0.384 e. The Labute approximate surface area is 87.6 Å². The summed E-state index contributed by atoms with van der Waals surface area (Å²) < 4.78 is 0. The van der Waals surface area contributed by atoms with E-state index in [1.807, 2.05) is 0 Å². The molecule has 6 heteroatoms. The second-order valence-electron chi connectivity index (χ2n) is 2.95. The van der Waals surface area contributed by atoms with Gasteiger partial charge in [-0.1, -0.05) is 0 Å². The van der Waals surface area contributed by atoms with Crippen molar-refractivity contribution in [2.75, 3.05) is 30.8 Å². The van der Waals surface area contributed by atoms with Crippen LogP contribution in [0.25, 0.3) is 0 Å². The third kappa shape index (κ3) is 2.81. The number of rotatable bonds is 5. The monoisotopic (exact) mass is 210 g/mol. The molecule has 1 aromatic carbocycles. The number of benzene rings is 1. The van der Waals surface area contributed by atoms with Crippen LogP contribution >= 0.6 is 0 Å². The van der Waals surface area contributed by atoms with Gasteiger partial charge < -0.3 is 16.4 Å². The average Bonchev–Trinajstić information content (AvgIpc) is 2.25. The molecular formula is C9H14N4O2. The van der Waals surface area contributed by atoms with E-state index in [0.717, 1.165) is 0 Å². The first kappa shape index (κ1) is 11.3. The summed E-state index contributed by atoms with van der Waals surface area (Å²) in [6.07, 6.45) is 0. The van der Waals surface area contributed by atoms with Crippen LogP contribution in [0.5, 0.6) is 0 Å². The molecule has 1 aromatic rings. The molecule has 0 bridgehead atoms. The zero-order chi connectivity index (χ0) is 11.3. The van der Waals surface area contributed by atoms with Gasteiger partial charge in [-0.2, -0.15) is 0 Å². The lowest BCUT2D eigenvalue weighted by Gasteiger charge is -2.06. The maximum atomic E-state index is 10.7. The van der Waals surface area contributed by atoms with Gasteiger partial charge in [0, 0.05) is 31.9 Å². The number of hydrogen-bond donors (Lipinski definition) is 3. The first-order valence-corrected chi connectivity index (χ1v) is 4.59. The molecule has 0 radical (unpaired) electrons. The molecule has 0 spiro atoms. The molecule has 0 amide bonds.